The second-order valence-corrected chi connectivity index (χ2v) is 3.22. The smallest absolute Gasteiger partial charge is 0.162 e. The van der Waals surface area contributed by atoms with Crippen molar-refractivity contribution in [3.63, 3.8) is 0 Å². The Hall–Kier alpha value is -2.69. The molecule has 0 fully saturated rings. The topological polar surface area (TPSA) is 64.5 Å². The lowest BCUT2D eigenvalue weighted by Gasteiger charge is -1.95. The van der Waals surface area contributed by atoms with Crippen LogP contribution in [0.3, 0.4) is 0 Å². The monoisotopic (exact) mass is 267 g/mol. The summed E-state index contributed by atoms with van der Waals surface area (Å²) in [6.07, 6.45) is 9.55. The zero-order valence-electron chi connectivity index (χ0n) is 11.6. The molecule has 5 heteroatoms. The largest absolute Gasteiger partial charge is 0.262 e. The molecule has 0 unspecified atom stereocenters. The van der Waals surface area contributed by atoms with Gasteiger partial charge in [-0.1, -0.05) is 44.2 Å². The minimum absolute atomic E-state index is 0.714. The van der Waals surface area contributed by atoms with Gasteiger partial charge >= 0.3 is 0 Å². The molecule has 2 aromatic heterocycles. The molecule has 0 radical (unpaired) electrons. The molecule has 0 saturated carbocycles. The van der Waals surface area contributed by atoms with Crippen LogP contribution in [0.25, 0.3) is 11.4 Å². The van der Waals surface area contributed by atoms with Crippen LogP contribution >= 0.6 is 0 Å². The van der Waals surface area contributed by atoms with E-state index in [4.69, 9.17) is 0 Å². The van der Waals surface area contributed by atoms with Gasteiger partial charge in [0.2, 0.25) is 0 Å². The van der Waals surface area contributed by atoms with E-state index in [-0.39, 0.29) is 0 Å². The fourth-order valence-electron chi connectivity index (χ4n) is 1.23. The third-order valence-corrected chi connectivity index (χ3v) is 2.00. The van der Waals surface area contributed by atoms with E-state index in [0.29, 0.717) is 5.82 Å². The highest BCUT2D eigenvalue weighted by molar-refractivity contribution is 5.53. The Labute approximate surface area is 118 Å². The third-order valence-electron chi connectivity index (χ3n) is 2.00. The van der Waals surface area contributed by atoms with Crippen LogP contribution in [-0.4, -0.2) is 24.9 Å². The maximum absolute atomic E-state index is 4.03. The van der Waals surface area contributed by atoms with Crippen LogP contribution in [0.15, 0.2) is 67.8 Å². The van der Waals surface area contributed by atoms with E-state index in [0.717, 1.165) is 5.56 Å². The van der Waals surface area contributed by atoms with E-state index in [2.05, 4.69) is 24.9 Å². The van der Waals surface area contributed by atoms with Crippen LogP contribution in [0.5, 0.6) is 0 Å². The summed E-state index contributed by atoms with van der Waals surface area (Å²) in [5.74, 6) is 0.714. The molecule has 0 aliphatic rings. The van der Waals surface area contributed by atoms with Crippen molar-refractivity contribution in [2.45, 2.75) is 13.8 Å². The molecule has 0 N–H and O–H groups in total. The second kappa shape index (κ2) is 10.3. The normalized spacial score (nSPS) is 8.50. The number of hydrogen-bond donors (Lipinski definition) is 0. The molecule has 0 aliphatic carbocycles. The number of hydrogen-bond acceptors (Lipinski definition) is 5. The molecule has 0 aliphatic heterocycles. The molecule has 0 bridgehead atoms. The van der Waals surface area contributed by atoms with Crippen LogP contribution in [-0.2, 0) is 0 Å². The lowest BCUT2D eigenvalue weighted by atomic mass is 10.2. The maximum atomic E-state index is 4.03. The Morgan fingerprint density at radius 1 is 0.650 bits per heavy atom. The average molecular weight is 267 g/mol. The summed E-state index contributed by atoms with van der Waals surface area (Å²) < 4.78 is 0. The first kappa shape index (κ1) is 15.4. The molecular formula is C15H17N5. The average Bonchev–Trinajstić information content (AvgIpc) is 2.60. The van der Waals surface area contributed by atoms with Gasteiger partial charge in [-0.2, -0.15) is 0 Å². The van der Waals surface area contributed by atoms with E-state index in [1.807, 2.05) is 44.2 Å². The van der Waals surface area contributed by atoms with Crippen molar-refractivity contribution in [3.05, 3.63) is 67.8 Å². The quantitative estimate of drug-likeness (QED) is 0.678. The first-order valence-corrected chi connectivity index (χ1v) is 6.34. The molecule has 3 rings (SSSR count). The van der Waals surface area contributed by atoms with Gasteiger partial charge in [-0.25, -0.2) is 15.0 Å². The van der Waals surface area contributed by atoms with Gasteiger partial charge in [0, 0.05) is 30.4 Å². The zero-order chi connectivity index (χ0) is 14.5. The van der Waals surface area contributed by atoms with Crippen molar-refractivity contribution < 1.29 is 0 Å². The van der Waals surface area contributed by atoms with Crippen molar-refractivity contribution in [2.75, 3.05) is 0 Å². The highest BCUT2D eigenvalue weighted by atomic mass is 15.0. The fraction of sp³-hybridized carbons (Fsp3) is 0.133. The Balaban J connectivity index is 0.000000211. The summed E-state index contributed by atoms with van der Waals surface area (Å²) in [6.45, 7) is 4.00. The van der Waals surface area contributed by atoms with Gasteiger partial charge in [-0.05, 0) is 0 Å². The summed E-state index contributed by atoms with van der Waals surface area (Å²) >= 11 is 0. The van der Waals surface area contributed by atoms with Gasteiger partial charge in [0.05, 0.1) is 0 Å². The number of rotatable bonds is 1. The summed E-state index contributed by atoms with van der Waals surface area (Å²) in [7, 11) is 0. The highest BCUT2D eigenvalue weighted by Crippen LogP contribution is 2.10. The Morgan fingerprint density at radius 2 is 1.15 bits per heavy atom. The van der Waals surface area contributed by atoms with E-state index < -0.39 is 0 Å². The van der Waals surface area contributed by atoms with Gasteiger partial charge in [-0.3, -0.25) is 9.97 Å². The molecule has 20 heavy (non-hydrogen) atoms. The molecule has 0 spiro atoms. The van der Waals surface area contributed by atoms with Gasteiger partial charge in [0.25, 0.3) is 0 Å². The van der Waals surface area contributed by atoms with Crippen molar-refractivity contribution >= 4 is 0 Å². The molecule has 0 saturated heterocycles. The van der Waals surface area contributed by atoms with Crippen LogP contribution < -0.4 is 0 Å². The second-order valence-electron chi connectivity index (χ2n) is 3.22. The van der Waals surface area contributed by atoms with E-state index in [1.165, 1.54) is 12.7 Å². The molecule has 0 amide bonds. The third kappa shape index (κ3) is 5.77. The maximum Gasteiger partial charge on any atom is 0.162 e. The first-order chi connectivity index (χ1) is 9.97. The minimum atomic E-state index is 0.714. The number of aromatic nitrogens is 5. The molecule has 102 valence electrons. The van der Waals surface area contributed by atoms with Crippen molar-refractivity contribution in [1.82, 2.24) is 24.9 Å². The molecule has 1 aromatic carbocycles. The van der Waals surface area contributed by atoms with Gasteiger partial charge in [0.1, 0.15) is 12.7 Å². The molecular weight excluding hydrogens is 250 g/mol. The summed E-state index contributed by atoms with van der Waals surface area (Å²) in [5.41, 5.74) is 1.01. The SMILES string of the molecule is CC.c1ccc(-c2ncncn2)cc1.c1cnccn1. The molecule has 0 atom stereocenters. The van der Waals surface area contributed by atoms with Crippen LogP contribution in [0, 0.1) is 0 Å². The lowest BCUT2D eigenvalue weighted by Crippen LogP contribution is -1.87. The predicted octanol–water partition coefficient (Wildman–Crippen LogP) is 3.04. The van der Waals surface area contributed by atoms with E-state index in [9.17, 15) is 0 Å². The summed E-state index contributed by atoms with van der Waals surface area (Å²) in [4.78, 5) is 19.2. The van der Waals surface area contributed by atoms with Crippen molar-refractivity contribution in [2.24, 2.45) is 0 Å². The van der Waals surface area contributed by atoms with Crippen LogP contribution in [0.1, 0.15) is 13.8 Å². The summed E-state index contributed by atoms with van der Waals surface area (Å²) in [6, 6.07) is 9.81. The number of benzene rings is 1. The molecule has 3 aromatic rings. The van der Waals surface area contributed by atoms with Crippen molar-refractivity contribution in [1.29, 1.82) is 0 Å². The van der Waals surface area contributed by atoms with Crippen LogP contribution in [0.4, 0.5) is 0 Å². The Kier molecular flexibility index (Phi) is 7.88. The first-order valence-electron chi connectivity index (χ1n) is 6.34. The minimum Gasteiger partial charge on any atom is -0.262 e. The Morgan fingerprint density at radius 3 is 1.60 bits per heavy atom. The van der Waals surface area contributed by atoms with Gasteiger partial charge in [0.15, 0.2) is 5.82 Å². The van der Waals surface area contributed by atoms with Crippen LogP contribution in [0.2, 0.25) is 0 Å². The Bertz CT molecular complexity index is 479. The predicted molar refractivity (Wildman–Crippen MR) is 78.6 cm³/mol. The standard InChI is InChI=1S/C9H7N3.C4H4N2.C2H6/c1-2-4-8(5-3-1)9-11-6-10-7-12-9;1-2-6-4-3-5-1;1-2/h1-7H;1-4H;1-2H3. The van der Waals surface area contributed by atoms with Crippen molar-refractivity contribution in [3.8, 4) is 11.4 Å². The zero-order valence-corrected chi connectivity index (χ0v) is 11.6. The molecule has 2 heterocycles. The summed E-state index contributed by atoms with van der Waals surface area (Å²) in [5, 5.41) is 0. The highest BCUT2D eigenvalue weighted by Gasteiger charge is 1.95. The fourth-order valence-corrected chi connectivity index (χ4v) is 1.23. The lowest BCUT2D eigenvalue weighted by molar-refractivity contribution is 1.06. The van der Waals surface area contributed by atoms with E-state index in [1.54, 1.807) is 24.8 Å². The van der Waals surface area contributed by atoms with Gasteiger partial charge < -0.3 is 0 Å². The van der Waals surface area contributed by atoms with E-state index >= 15 is 0 Å². The molecule has 5 nitrogen and oxygen atoms in total. The number of nitrogens with zero attached hydrogens (tertiary/aromatic N) is 5. The van der Waals surface area contributed by atoms with Gasteiger partial charge in [-0.15, -0.1) is 0 Å².